The largest absolute Gasteiger partial charge is 0.321 e. The minimum atomic E-state index is -0.170. The number of carbonyl (C=O) groups excluding carboxylic acids is 1. The maximum Gasteiger partial charge on any atom is 0.290 e. The molecule has 0 spiro atoms. The van der Waals surface area contributed by atoms with Crippen LogP contribution >= 0.6 is 11.6 Å². The van der Waals surface area contributed by atoms with Crippen LogP contribution in [0.5, 0.6) is 0 Å². The van der Waals surface area contributed by atoms with E-state index in [0.29, 0.717) is 16.3 Å². The van der Waals surface area contributed by atoms with E-state index < -0.39 is 0 Å². The molecular formula is C20H15ClN3O+. The Balaban J connectivity index is 1.71. The van der Waals surface area contributed by atoms with Crippen molar-refractivity contribution in [1.29, 1.82) is 5.26 Å². The summed E-state index contributed by atoms with van der Waals surface area (Å²) in [6.45, 7) is 0.179. The van der Waals surface area contributed by atoms with Gasteiger partial charge in [-0.2, -0.15) is 9.83 Å². The first-order valence-electron chi connectivity index (χ1n) is 7.70. The number of pyridine rings is 1. The molecule has 0 aliphatic carbocycles. The summed E-state index contributed by atoms with van der Waals surface area (Å²) in [5, 5.41) is 12.0. The maximum absolute atomic E-state index is 12.3. The van der Waals surface area contributed by atoms with Crippen molar-refractivity contribution in [2.24, 2.45) is 0 Å². The average molecular weight is 349 g/mol. The van der Waals surface area contributed by atoms with Gasteiger partial charge in [0, 0.05) is 17.3 Å². The molecule has 4 nitrogen and oxygen atoms in total. The number of nitriles is 1. The molecule has 0 bridgehead atoms. The summed E-state index contributed by atoms with van der Waals surface area (Å²) >= 11 is 5.98. The zero-order valence-corrected chi connectivity index (χ0v) is 14.1. The van der Waals surface area contributed by atoms with Crippen molar-refractivity contribution in [3.63, 3.8) is 0 Å². The Morgan fingerprint density at radius 1 is 1.08 bits per heavy atom. The van der Waals surface area contributed by atoms with Crippen LogP contribution in [0.4, 0.5) is 5.69 Å². The second-order valence-corrected chi connectivity index (χ2v) is 5.89. The molecule has 25 heavy (non-hydrogen) atoms. The number of anilines is 1. The van der Waals surface area contributed by atoms with Crippen molar-refractivity contribution < 1.29 is 9.36 Å². The number of hydrogen-bond acceptors (Lipinski definition) is 2. The van der Waals surface area contributed by atoms with Crippen LogP contribution < -0.4 is 9.88 Å². The number of rotatable bonds is 4. The van der Waals surface area contributed by atoms with Crippen molar-refractivity contribution in [1.82, 2.24) is 0 Å². The quantitative estimate of drug-likeness (QED) is 0.729. The number of nitrogens with one attached hydrogen (secondary N) is 1. The van der Waals surface area contributed by atoms with Crippen LogP contribution in [-0.2, 0) is 11.3 Å². The molecule has 1 heterocycles. The van der Waals surface area contributed by atoms with Crippen molar-refractivity contribution in [2.45, 2.75) is 6.54 Å². The van der Waals surface area contributed by atoms with Gasteiger partial charge in [-0.3, -0.25) is 4.79 Å². The molecule has 0 saturated carbocycles. The first kappa shape index (κ1) is 16.7. The lowest BCUT2D eigenvalue weighted by Gasteiger charge is -2.05. The number of benzene rings is 2. The van der Waals surface area contributed by atoms with E-state index in [1.165, 1.54) is 0 Å². The SMILES string of the molecule is N#Cc1ccc(NC(=O)C[n+]2cccc(-c3ccccc3)c2)cc1Cl. The minimum absolute atomic E-state index is 0.170. The van der Waals surface area contributed by atoms with Crippen LogP contribution in [0, 0.1) is 11.3 Å². The lowest BCUT2D eigenvalue weighted by atomic mass is 10.1. The van der Waals surface area contributed by atoms with Gasteiger partial charge >= 0.3 is 0 Å². The normalized spacial score (nSPS) is 10.1. The third-order valence-electron chi connectivity index (χ3n) is 3.66. The summed E-state index contributed by atoms with van der Waals surface area (Å²) in [5.41, 5.74) is 3.08. The van der Waals surface area contributed by atoms with Crippen molar-refractivity contribution in [3.8, 4) is 17.2 Å². The summed E-state index contributed by atoms with van der Waals surface area (Å²) in [6.07, 6.45) is 3.78. The molecule has 0 aliphatic heterocycles. The van der Waals surface area contributed by atoms with Crippen LogP contribution in [0.25, 0.3) is 11.1 Å². The van der Waals surface area contributed by atoms with Crippen molar-refractivity contribution in [2.75, 3.05) is 5.32 Å². The third kappa shape index (κ3) is 4.23. The zero-order chi connectivity index (χ0) is 17.6. The first-order chi connectivity index (χ1) is 12.2. The number of hydrogen-bond donors (Lipinski definition) is 1. The van der Waals surface area contributed by atoms with E-state index in [-0.39, 0.29) is 12.5 Å². The molecule has 3 rings (SSSR count). The van der Waals surface area contributed by atoms with Crippen LogP contribution in [0.15, 0.2) is 73.1 Å². The van der Waals surface area contributed by atoms with Gasteiger partial charge in [0.2, 0.25) is 6.54 Å². The number of aromatic nitrogens is 1. The molecule has 0 fully saturated rings. The summed E-state index contributed by atoms with van der Waals surface area (Å²) in [6, 6.07) is 20.7. The summed E-state index contributed by atoms with van der Waals surface area (Å²) < 4.78 is 1.82. The molecular weight excluding hydrogens is 334 g/mol. The number of halogens is 1. The van der Waals surface area contributed by atoms with Crippen LogP contribution in [0.2, 0.25) is 5.02 Å². The molecule has 1 amide bonds. The summed E-state index contributed by atoms with van der Waals surface area (Å²) in [4.78, 5) is 12.3. The number of nitrogens with zero attached hydrogens (tertiary/aromatic N) is 2. The molecule has 0 atom stereocenters. The third-order valence-corrected chi connectivity index (χ3v) is 3.98. The van der Waals surface area contributed by atoms with E-state index in [2.05, 4.69) is 5.32 Å². The Hall–Kier alpha value is -3.16. The number of carbonyl (C=O) groups is 1. The second-order valence-electron chi connectivity index (χ2n) is 5.49. The lowest BCUT2D eigenvalue weighted by molar-refractivity contribution is -0.683. The monoisotopic (exact) mass is 348 g/mol. The number of amides is 1. The van der Waals surface area contributed by atoms with Gasteiger partial charge in [0.05, 0.1) is 10.6 Å². The molecule has 1 N–H and O–H groups in total. The molecule has 122 valence electrons. The van der Waals surface area contributed by atoms with Gasteiger partial charge in [-0.15, -0.1) is 0 Å². The molecule has 0 aliphatic rings. The van der Waals surface area contributed by atoms with Gasteiger partial charge in [0.15, 0.2) is 12.4 Å². The Morgan fingerprint density at radius 2 is 1.84 bits per heavy atom. The van der Waals surface area contributed by atoms with E-state index in [9.17, 15) is 4.79 Å². The van der Waals surface area contributed by atoms with Gasteiger partial charge in [0.25, 0.3) is 5.91 Å². The Labute approximate surface area is 150 Å². The molecule has 0 radical (unpaired) electrons. The highest BCUT2D eigenvalue weighted by Crippen LogP contribution is 2.20. The van der Waals surface area contributed by atoms with Crippen LogP contribution in [-0.4, -0.2) is 5.91 Å². The predicted octanol–water partition coefficient (Wildman–Crippen LogP) is 3.80. The topological polar surface area (TPSA) is 56.8 Å². The lowest BCUT2D eigenvalue weighted by Crippen LogP contribution is -2.39. The first-order valence-corrected chi connectivity index (χ1v) is 8.07. The van der Waals surface area contributed by atoms with Gasteiger partial charge in [-0.25, -0.2) is 0 Å². The molecule has 0 saturated heterocycles. The van der Waals surface area contributed by atoms with Gasteiger partial charge in [-0.05, 0) is 29.8 Å². The highest BCUT2D eigenvalue weighted by atomic mass is 35.5. The molecule has 2 aromatic carbocycles. The molecule has 5 heteroatoms. The van der Waals surface area contributed by atoms with Crippen molar-refractivity contribution in [3.05, 3.63) is 83.6 Å². The smallest absolute Gasteiger partial charge is 0.290 e. The fraction of sp³-hybridized carbons (Fsp3) is 0.0500. The molecule has 1 aromatic heterocycles. The zero-order valence-electron chi connectivity index (χ0n) is 13.3. The second kappa shape index (κ2) is 7.61. The maximum atomic E-state index is 12.3. The standard InChI is InChI=1S/C20H14ClN3O/c21-19-11-18(9-8-16(19)12-22)23-20(25)14-24-10-4-7-17(13-24)15-5-2-1-3-6-15/h1-11,13H,14H2/p+1. The summed E-state index contributed by atoms with van der Waals surface area (Å²) in [7, 11) is 0. The van der Waals surface area contributed by atoms with E-state index >= 15 is 0 Å². The fourth-order valence-corrected chi connectivity index (χ4v) is 2.69. The highest BCUT2D eigenvalue weighted by Gasteiger charge is 2.12. The Bertz CT molecular complexity index is 949. The van der Waals surface area contributed by atoms with E-state index in [1.54, 1.807) is 18.2 Å². The minimum Gasteiger partial charge on any atom is -0.321 e. The van der Waals surface area contributed by atoms with Gasteiger partial charge < -0.3 is 5.32 Å². The average Bonchev–Trinajstić information content (AvgIpc) is 2.63. The fourth-order valence-electron chi connectivity index (χ4n) is 2.47. The molecule has 0 unspecified atom stereocenters. The van der Waals surface area contributed by atoms with Gasteiger partial charge in [0.1, 0.15) is 6.07 Å². The molecule has 3 aromatic rings. The van der Waals surface area contributed by atoms with Crippen molar-refractivity contribution >= 4 is 23.2 Å². The summed E-state index contributed by atoms with van der Waals surface area (Å²) in [5.74, 6) is -0.170. The van der Waals surface area contributed by atoms with E-state index in [4.69, 9.17) is 16.9 Å². The highest BCUT2D eigenvalue weighted by molar-refractivity contribution is 6.32. The van der Waals surface area contributed by atoms with E-state index in [0.717, 1.165) is 11.1 Å². The Kier molecular flexibility index (Phi) is 5.08. The Morgan fingerprint density at radius 3 is 2.56 bits per heavy atom. The van der Waals surface area contributed by atoms with Gasteiger partial charge in [-0.1, -0.05) is 41.9 Å². The predicted molar refractivity (Wildman–Crippen MR) is 96.9 cm³/mol. The van der Waals surface area contributed by atoms with Crippen LogP contribution in [0.3, 0.4) is 0 Å². The van der Waals surface area contributed by atoms with Crippen LogP contribution in [0.1, 0.15) is 5.56 Å². The van der Waals surface area contributed by atoms with E-state index in [1.807, 2.05) is 65.5 Å².